The minimum absolute atomic E-state index is 0.168. The first-order valence-electron chi connectivity index (χ1n) is 10.6. The first-order chi connectivity index (χ1) is 14.8. The second-order valence-electron chi connectivity index (χ2n) is 7.46. The summed E-state index contributed by atoms with van der Waals surface area (Å²) in [5.41, 5.74) is 3.94. The van der Waals surface area contributed by atoms with Gasteiger partial charge in [-0.05, 0) is 48.4 Å². The van der Waals surface area contributed by atoms with Crippen molar-refractivity contribution >= 4 is 34.5 Å². The molecule has 2 aromatic carbocycles. The maximum absolute atomic E-state index is 12.7. The maximum atomic E-state index is 12.7. The Morgan fingerprint density at radius 1 is 1.16 bits per heavy atom. The molecule has 4 nitrogen and oxygen atoms in total. The molecule has 0 fully saturated rings. The lowest BCUT2D eigenvalue weighted by Gasteiger charge is -2.12. The van der Waals surface area contributed by atoms with Crippen LogP contribution in [0.2, 0.25) is 5.02 Å². The molecule has 0 atom stereocenters. The lowest BCUT2D eigenvalue weighted by Crippen LogP contribution is -2.14. The SMILES string of the molecule is CCC.CCc1cc(OC)ccc1C(=O)Nc1ccc(-c2csc(C(C)C)n2)c(Cl)c1. The van der Waals surface area contributed by atoms with Gasteiger partial charge in [-0.3, -0.25) is 4.79 Å². The summed E-state index contributed by atoms with van der Waals surface area (Å²) in [4.78, 5) is 17.4. The van der Waals surface area contributed by atoms with Crippen LogP contribution in [-0.2, 0) is 6.42 Å². The molecular weight excluding hydrogens is 428 g/mol. The zero-order valence-electron chi connectivity index (χ0n) is 19.1. The van der Waals surface area contributed by atoms with Crippen LogP contribution in [0.5, 0.6) is 5.75 Å². The lowest BCUT2D eigenvalue weighted by atomic mass is 10.0. The number of amides is 1. The van der Waals surface area contributed by atoms with Crippen LogP contribution in [0.1, 0.15) is 67.9 Å². The largest absolute Gasteiger partial charge is 0.497 e. The molecule has 166 valence electrons. The fraction of sp³-hybridized carbons (Fsp3) is 0.360. The summed E-state index contributed by atoms with van der Waals surface area (Å²) in [6.45, 7) is 10.5. The van der Waals surface area contributed by atoms with E-state index in [1.165, 1.54) is 6.42 Å². The molecule has 0 saturated carbocycles. The number of hydrogen-bond donors (Lipinski definition) is 1. The van der Waals surface area contributed by atoms with E-state index >= 15 is 0 Å². The number of ether oxygens (including phenoxy) is 1. The summed E-state index contributed by atoms with van der Waals surface area (Å²) in [6, 6.07) is 11.0. The highest BCUT2D eigenvalue weighted by Gasteiger charge is 2.14. The van der Waals surface area contributed by atoms with E-state index < -0.39 is 0 Å². The summed E-state index contributed by atoms with van der Waals surface area (Å²) >= 11 is 8.11. The summed E-state index contributed by atoms with van der Waals surface area (Å²) in [7, 11) is 1.62. The molecule has 0 saturated heterocycles. The number of methoxy groups -OCH3 is 1. The number of thiazole rings is 1. The van der Waals surface area contributed by atoms with Crippen LogP contribution >= 0.6 is 22.9 Å². The highest BCUT2D eigenvalue weighted by molar-refractivity contribution is 7.10. The van der Waals surface area contributed by atoms with Gasteiger partial charge in [0, 0.05) is 28.1 Å². The highest BCUT2D eigenvalue weighted by atomic mass is 35.5. The second kappa shape index (κ2) is 11.9. The first kappa shape index (κ1) is 24.9. The Hall–Kier alpha value is -2.37. The van der Waals surface area contributed by atoms with Gasteiger partial charge in [0.1, 0.15) is 5.75 Å². The summed E-state index contributed by atoms with van der Waals surface area (Å²) < 4.78 is 5.24. The van der Waals surface area contributed by atoms with Gasteiger partial charge in [-0.2, -0.15) is 0 Å². The van der Waals surface area contributed by atoms with E-state index in [0.29, 0.717) is 22.2 Å². The number of aromatic nitrogens is 1. The topological polar surface area (TPSA) is 51.2 Å². The number of nitrogens with zero attached hydrogens (tertiary/aromatic N) is 1. The van der Waals surface area contributed by atoms with Crippen molar-refractivity contribution in [3.05, 3.63) is 62.9 Å². The van der Waals surface area contributed by atoms with Crippen molar-refractivity contribution in [1.29, 1.82) is 0 Å². The molecule has 1 N–H and O–H groups in total. The van der Waals surface area contributed by atoms with Crippen LogP contribution in [0.4, 0.5) is 5.69 Å². The van der Waals surface area contributed by atoms with Crippen molar-refractivity contribution in [1.82, 2.24) is 4.98 Å². The van der Waals surface area contributed by atoms with Gasteiger partial charge in [0.05, 0.1) is 22.8 Å². The third-order valence-electron chi connectivity index (χ3n) is 4.46. The van der Waals surface area contributed by atoms with E-state index in [-0.39, 0.29) is 5.91 Å². The normalized spacial score (nSPS) is 10.5. The van der Waals surface area contributed by atoms with E-state index in [2.05, 4.69) is 38.0 Å². The number of halogens is 1. The number of benzene rings is 2. The standard InChI is InChI=1S/C22H23ClN2O2S.C3H8/c1-5-14-10-16(27-4)7-9-17(14)21(26)24-15-6-8-18(19(23)11-15)20-12-28-22(25-20)13(2)3;1-3-2/h6-13H,5H2,1-4H3,(H,24,26);3H2,1-2H3. The smallest absolute Gasteiger partial charge is 0.255 e. The zero-order chi connectivity index (χ0) is 23.0. The van der Waals surface area contributed by atoms with Crippen molar-refractivity contribution in [3.8, 4) is 17.0 Å². The van der Waals surface area contributed by atoms with Crippen molar-refractivity contribution in [2.24, 2.45) is 0 Å². The Balaban J connectivity index is 0.00000107. The molecule has 0 bridgehead atoms. The Labute approximate surface area is 194 Å². The summed E-state index contributed by atoms with van der Waals surface area (Å²) in [5.74, 6) is 0.956. The monoisotopic (exact) mass is 458 g/mol. The van der Waals surface area contributed by atoms with Crippen LogP contribution in [0.25, 0.3) is 11.3 Å². The van der Waals surface area contributed by atoms with Crippen LogP contribution in [0.3, 0.4) is 0 Å². The summed E-state index contributed by atoms with van der Waals surface area (Å²) in [5, 5.41) is 6.58. The number of nitrogens with one attached hydrogen (secondary N) is 1. The zero-order valence-corrected chi connectivity index (χ0v) is 20.7. The lowest BCUT2D eigenvalue weighted by molar-refractivity contribution is 0.102. The van der Waals surface area contributed by atoms with E-state index in [1.54, 1.807) is 36.6 Å². The van der Waals surface area contributed by atoms with Gasteiger partial charge in [0.15, 0.2) is 0 Å². The molecule has 1 heterocycles. The molecule has 0 aliphatic carbocycles. The average Bonchev–Trinajstić information content (AvgIpc) is 3.24. The molecule has 3 rings (SSSR count). The molecule has 0 radical (unpaired) electrons. The van der Waals surface area contributed by atoms with Crippen molar-refractivity contribution in [2.45, 2.75) is 53.4 Å². The molecular formula is C25H31ClN2O2S. The van der Waals surface area contributed by atoms with Gasteiger partial charge in [0.25, 0.3) is 5.91 Å². The molecule has 6 heteroatoms. The predicted octanol–water partition coefficient (Wildman–Crippen LogP) is 7.83. The Kier molecular flexibility index (Phi) is 9.53. The molecule has 0 unspecified atom stereocenters. The molecule has 3 aromatic rings. The molecule has 1 amide bonds. The van der Waals surface area contributed by atoms with Crippen molar-refractivity contribution in [3.63, 3.8) is 0 Å². The molecule has 1 aromatic heterocycles. The number of rotatable bonds is 6. The number of anilines is 1. The second-order valence-corrected chi connectivity index (χ2v) is 8.76. The van der Waals surface area contributed by atoms with Gasteiger partial charge >= 0.3 is 0 Å². The Bertz CT molecular complexity index is 1010. The third-order valence-corrected chi connectivity index (χ3v) is 5.91. The van der Waals surface area contributed by atoms with E-state index in [0.717, 1.165) is 34.0 Å². The quantitative estimate of drug-likeness (QED) is 0.409. The van der Waals surface area contributed by atoms with Crippen LogP contribution in [0.15, 0.2) is 41.8 Å². The molecule has 0 aliphatic heterocycles. The van der Waals surface area contributed by atoms with Gasteiger partial charge in [0.2, 0.25) is 0 Å². The third kappa shape index (κ3) is 6.55. The Morgan fingerprint density at radius 3 is 2.42 bits per heavy atom. The highest BCUT2D eigenvalue weighted by Crippen LogP contribution is 2.33. The predicted molar refractivity (Wildman–Crippen MR) is 133 cm³/mol. The number of carbonyl (C=O) groups excluding carboxylic acids is 1. The van der Waals surface area contributed by atoms with E-state index in [1.807, 2.05) is 30.5 Å². The minimum atomic E-state index is -0.168. The number of aryl methyl sites for hydroxylation is 1. The first-order valence-corrected chi connectivity index (χ1v) is 11.8. The van der Waals surface area contributed by atoms with Gasteiger partial charge < -0.3 is 10.1 Å². The van der Waals surface area contributed by atoms with Gasteiger partial charge in [-0.25, -0.2) is 4.98 Å². The van der Waals surface area contributed by atoms with Crippen molar-refractivity contribution in [2.75, 3.05) is 12.4 Å². The number of carbonyl (C=O) groups is 1. The molecule has 0 aliphatic rings. The summed E-state index contributed by atoms with van der Waals surface area (Å²) in [6.07, 6.45) is 1.99. The van der Waals surface area contributed by atoms with Crippen LogP contribution in [-0.4, -0.2) is 18.0 Å². The van der Waals surface area contributed by atoms with Gasteiger partial charge in [-0.1, -0.05) is 52.6 Å². The molecule has 31 heavy (non-hydrogen) atoms. The van der Waals surface area contributed by atoms with Crippen molar-refractivity contribution < 1.29 is 9.53 Å². The van der Waals surface area contributed by atoms with E-state index in [9.17, 15) is 4.79 Å². The number of hydrogen-bond acceptors (Lipinski definition) is 4. The maximum Gasteiger partial charge on any atom is 0.255 e. The molecule has 0 spiro atoms. The van der Waals surface area contributed by atoms with E-state index in [4.69, 9.17) is 16.3 Å². The van der Waals surface area contributed by atoms with Gasteiger partial charge in [-0.15, -0.1) is 11.3 Å². The average molecular weight is 459 g/mol. The van der Waals surface area contributed by atoms with Crippen LogP contribution in [0, 0.1) is 0 Å². The van der Waals surface area contributed by atoms with Crippen LogP contribution < -0.4 is 10.1 Å². The minimum Gasteiger partial charge on any atom is -0.497 e. The fourth-order valence-electron chi connectivity index (χ4n) is 2.89. The fourth-order valence-corrected chi connectivity index (χ4v) is 4.00. The Morgan fingerprint density at radius 2 is 1.87 bits per heavy atom.